The zero-order valence-electron chi connectivity index (χ0n) is 10.2. The van der Waals surface area contributed by atoms with Crippen molar-refractivity contribution in [1.82, 2.24) is 0 Å². The third kappa shape index (κ3) is 2.90. The Labute approximate surface area is 111 Å². The van der Waals surface area contributed by atoms with Crippen LogP contribution in [-0.4, -0.2) is 5.91 Å². The van der Waals surface area contributed by atoms with Crippen molar-refractivity contribution in [3.8, 4) is 0 Å². The number of carbonyl (C=O) groups excluding carboxylic acids is 1. The Hall–Kier alpha value is -1.81. The maximum atomic E-state index is 11.6. The Balaban J connectivity index is 2.21. The zero-order valence-corrected chi connectivity index (χ0v) is 11.0. The predicted molar refractivity (Wildman–Crippen MR) is 75.7 cm³/mol. The van der Waals surface area contributed by atoms with Crippen LogP contribution in [0.5, 0.6) is 0 Å². The molecule has 0 aliphatic rings. The topological polar surface area (TPSA) is 55.1 Å². The van der Waals surface area contributed by atoms with Crippen LogP contribution in [-0.2, 0) is 11.2 Å². The SMILES string of the molecule is CCc1ccc(C(Nc2ccccc2)C(N)=O)s1. The van der Waals surface area contributed by atoms with Crippen LogP contribution in [0.15, 0.2) is 42.5 Å². The van der Waals surface area contributed by atoms with Crippen LogP contribution < -0.4 is 11.1 Å². The molecular weight excluding hydrogens is 244 g/mol. The Morgan fingerprint density at radius 3 is 2.56 bits per heavy atom. The van der Waals surface area contributed by atoms with Gasteiger partial charge in [0, 0.05) is 15.4 Å². The fourth-order valence-electron chi connectivity index (χ4n) is 1.72. The summed E-state index contributed by atoms with van der Waals surface area (Å²) in [4.78, 5) is 13.8. The molecule has 4 heteroatoms. The first kappa shape index (κ1) is 12.6. The van der Waals surface area contributed by atoms with Crippen LogP contribution in [0.25, 0.3) is 0 Å². The van der Waals surface area contributed by atoms with Gasteiger partial charge in [0.15, 0.2) is 0 Å². The lowest BCUT2D eigenvalue weighted by Gasteiger charge is -2.15. The van der Waals surface area contributed by atoms with E-state index in [4.69, 9.17) is 5.73 Å². The van der Waals surface area contributed by atoms with E-state index < -0.39 is 6.04 Å². The van der Waals surface area contributed by atoms with E-state index in [9.17, 15) is 4.79 Å². The molecule has 2 aromatic rings. The molecule has 0 spiro atoms. The molecular formula is C14H16N2OS. The Kier molecular flexibility index (Phi) is 3.99. The van der Waals surface area contributed by atoms with Gasteiger partial charge < -0.3 is 11.1 Å². The van der Waals surface area contributed by atoms with Crippen LogP contribution in [0.4, 0.5) is 5.69 Å². The summed E-state index contributed by atoms with van der Waals surface area (Å²) in [6, 6.07) is 13.2. The Morgan fingerprint density at radius 2 is 2.00 bits per heavy atom. The number of nitrogens with one attached hydrogen (secondary N) is 1. The van der Waals surface area contributed by atoms with Crippen molar-refractivity contribution in [3.05, 3.63) is 52.2 Å². The number of aryl methyl sites for hydroxylation is 1. The summed E-state index contributed by atoms with van der Waals surface area (Å²) >= 11 is 1.63. The van der Waals surface area contributed by atoms with Gasteiger partial charge in [0.1, 0.15) is 6.04 Å². The lowest BCUT2D eigenvalue weighted by atomic mass is 10.2. The molecule has 2 rings (SSSR count). The highest BCUT2D eigenvalue weighted by atomic mass is 32.1. The van der Waals surface area contributed by atoms with Crippen molar-refractivity contribution >= 4 is 22.9 Å². The molecule has 0 radical (unpaired) electrons. The first-order valence-electron chi connectivity index (χ1n) is 5.90. The second-order valence-electron chi connectivity index (χ2n) is 4.00. The number of amides is 1. The first-order chi connectivity index (χ1) is 8.70. The number of hydrogen-bond acceptors (Lipinski definition) is 3. The minimum atomic E-state index is -0.460. The van der Waals surface area contributed by atoms with Gasteiger partial charge in [0.2, 0.25) is 5.91 Å². The molecule has 1 aromatic heterocycles. The summed E-state index contributed by atoms with van der Waals surface area (Å²) in [5.41, 5.74) is 6.37. The average molecular weight is 260 g/mol. The maximum absolute atomic E-state index is 11.6. The minimum absolute atomic E-state index is 0.358. The largest absolute Gasteiger partial charge is 0.369 e. The summed E-state index contributed by atoms with van der Waals surface area (Å²) in [6.07, 6.45) is 0.974. The van der Waals surface area contributed by atoms with Crippen molar-refractivity contribution in [2.45, 2.75) is 19.4 Å². The lowest BCUT2D eigenvalue weighted by molar-refractivity contribution is -0.118. The van der Waals surface area contributed by atoms with Crippen molar-refractivity contribution < 1.29 is 4.79 Å². The van der Waals surface area contributed by atoms with Crippen molar-refractivity contribution in [2.75, 3.05) is 5.32 Å². The van der Waals surface area contributed by atoms with Gasteiger partial charge in [-0.15, -0.1) is 11.3 Å². The predicted octanol–water partition coefficient (Wildman–Crippen LogP) is 2.95. The highest BCUT2D eigenvalue weighted by Gasteiger charge is 2.19. The van der Waals surface area contributed by atoms with Crippen LogP contribution in [0.1, 0.15) is 22.7 Å². The van der Waals surface area contributed by atoms with Gasteiger partial charge in [-0.2, -0.15) is 0 Å². The van der Waals surface area contributed by atoms with E-state index in [1.165, 1.54) is 4.88 Å². The van der Waals surface area contributed by atoms with Crippen LogP contribution in [0.3, 0.4) is 0 Å². The number of hydrogen-bond donors (Lipinski definition) is 2. The summed E-state index contributed by atoms with van der Waals surface area (Å²) < 4.78 is 0. The molecule has 1 unspecified atom stereocenters. The number of benzene rings is 1. The van der Waals surface area contributed by atoms with Gasteiger partial charge in [0.25, 0.3) is 0 Å². The molecule has 0 saturated carbocycles. The standard InChI is InChI=1S/C14H16N2OS/c1-2-11-8-9-12(18-11)13(14(15)17)16-10-6-4-3-5-7-10/h3-9,13,16H,2H2,1H3,(H2,15,17). The van der Waals surface area contributed by atoms with Gasteiger partial charge in [-0.1, -0.05) is 25.1 Å². The third-order valence-electron chi connectivity index (χ3n) is 2.68. The molecule has 3 N–H and O–H groups in total. The molecule has 0 aliphatic carbocycles. The Morgan fingerprint density at radius 1 is 1.28 bits per heavy atom. The molecule has 0 fully saturated rings. The second-order valence-corrected chi connectivity index (χ2v) is 5.20. The van der Waals surface area contributed by atoms with E-state index in [2.05, 4.69) is 12.2 Å². The summed E-state index contributed by atoms with van der Waals surface area (Å²) in [5.74, 6) is -0.358. The van der Waals surface area contributed by atoms with E-state index in [-0.39, 0.29) is 5.91 Å². The van der Waals surface area contributed by atoms with E-state index in [0.29, 0.717) is 0 Å². The van der Waals surface area contributed by atoms with Gasteiger partial charge in [0.05, 0.1) is 0 Å². The van der Waals surface area contributed by atoms with Crippen molar-refractivity contribution in [2.24, 2.45) is 5.73 Å². The highest BCUT2D eigenvalue weighted by Crippen LogP contribution is 2.26. The van der Waals surface area contributed by atoms with E-state index in [1.807, 2.05) is 42.5 Å². The molecule has 94 valence electrons. The fourth-order valence-corrected chi connectivity index (χ4v) is 2.74. The van der Waals surface area contributed by atoms with Gasteiger partial charge in [-0.05, 0) is 30.7 Å². The molecule has 3 nitrogen and oxygen atoms in total. The number of primary amides is 1. The summed E-state index contributed by atoms with van der Waals surface area (Å²) in [7, 11) is 0. The monoisotopic (exact) mass is 260 g/mol. The first-order valence-corrected chi connectivity index (χ1v) is 6.72. The number of carbonyl (C=O) groups is 1. The van der Waals surface area contributed by atoms with E-state index in [1.54, 1.807) is 11.3 Å². The number of nitrogens with two attached hydrogens (primary N) is 1. The number of para-hydroxylation sites is 1. The lowest BCUT2D eigenvalue weighted by Crippen LogP contribution is -2.26. The molecule has 1 heterocycles. The van der Waals surface area contributed by atoms with Crippen LogP contribution in [0.2, 0.25) is 0 Å². The average Bonchev–Trinajstić information content (AvgIpc) is 2.85. The van der Waals surface area contributed by atoms with Crippen LogP contribution >= 0.6 is 11.3 Å². The quantitative estimate of drug-likeness (QED) is 0.868. The van der Waals surface area contributed by atoms with Crippen molar-refractivity contribution in [3.63, 3.8) is 0 Å². The molecule has 0 aliphatic heterocycles. The van der Waals surface area contributed by atoms with Crippen molar-refractivity contribution in [1.29, 1.82) is 0 Å². The van der Waals surface area contributed by atoms with Crippen LogP contribution in [0, 0.1) is 0 Å². The molecule has 0 bridgehead atoms. The third-order valence-corrected chi connectivity index (χ3v) is 3.98. The van der Waals surface area contributed by atoms with Gasteiger partial charge in [-0.3, -0.25) is 4.79 Å². The number of thiophene rings is 1. The van der Waals surface area contributed by atoms with E-state index in [0.717, 1.165) is 17.0 Å². The normalized spacial score (nSPS) is 12.1. The van der Waals surface area contributed by atoms with E-state index >= 15 is 0 Å². The smallest absolute Gasteiger partial charge is 0.245 e. The highest BCUT2D eigenvalue weighted by molar-refractivity contribution is 7.12. The summed E-state index contributed by atoms with van der Waals surface area (Å²) in [6.45, 7) is 2.10. The zero-order chi connectivity index (χ0) is 13.0. The van der Waals surface area contributed by atoms with Gasteiger partial charge in [-0.25, -0.2) is 0 Å². The second kappa shape index (κ2) is 5.69. The molecule has 18 heavy (non-hydrogen) atoms. The molecule has 0 saturated heterocycles. The fraction of sp³-hybridized carbons (Fsp3) is 0.214. The molecule has 1 aromatic carbocycles. The molecule has 1 atom stereocenters. The Bertz CT molecular complexity index is 522. The molecule has 1 amide bonds. The number of anilines is 1. The maximum Gasteiger partial charge on any atom is 0.245 e. The minimum Gasteiger partial charge on any atom is -0.369 e. The number of rotatable bonds is 5. The summed E-state index contributed by atoms with van der Waals surface area (Å²) in [5, 5.41) is 3.17. The van der Waals surface area contributed by atoms with Gasteiger partial charge >= 0.3 is 0 Å².